The standard InChI is InChI=1S/C23H27N3O2/c1-15(2)22-25-20-10-9-17(18-7-3-4-8-21(18)27)12-19(20)23(28)26(22)14-16-6-5-11-24-13-16/h3-4,7-10,12,15-16,24,27H,5-6,11,13-14H2,1-2H3/t16-/m0/s1. The molecule has 0 amide bonds. The maximum Gasteiger partial charge on any atom is 0.261 e. The second-order valence-electron chi connectivity index (χ2n) is 8.00. The van der Waals surface area contributed by atoms with Crippen LogP contribution in [-0.4, -0.2) is 27.7 Å². The van der Waals surface area contributed by atoms with Gasteiger partial charge in [-0.1, -0.05) is 38.1 Å². The first kappa shape index (κ1) is 18.7. The summed E-state index contributed by atoms with van der Waals surface area (Å²) < 4.78 is 1.87. The van der Waals surface area contributed by atoms with Crippen LogP contribution in [0.4, 0.5) is 0 Å². The minimum Gasteiger partial charge on any atom is -0.507 e. The van der Waals surface area contributed by atoms with Crippen molar-refractivity contribution in [3.8, 4) is 16.9 Å². The predicted octanol–water partition coefficient (Wildman–Crippen LogP) is 3.89. The predicted molar refractivity (Wildman–Crippen MR) is 113 cm³/mol. The fourth-order valence-corrected chi connectivity index (χ4v) is 4.08. The first-order chi connectivity index (χ1) is 13.5. The van der Waals surface area contributed by atoms with Gasteiger partial charge in [-0.2, -0.15) is 0 Å². The molecule has 28 heavy (non-hydrogen) atoms. The van der Waals surface area contributed by atoms with E-state index in [4.69, 9.17) is 4.98 Å². The molecule has 0 radical (unpaired) electrons. The normalized spacial score (nSPS) is 17.3. The third-order valence-electron chi connectivity index (χ3n) is 5.55. The van der Waals surface area contributed by atoms with Crippen LogP contribution in [0.25, 0.3) is 22.0 Å². The number of piperidine rings is 1. The van der Waals surface area contributed by atoms with Crippen LogP contribution in [0.2, 0.25) is 0 Å². The van der Waals surface area contributed by atoms with Crippen molar-refractivity contribution in [2.75, 3.05) is 13.1 Å². The van der Waals surface area contributed by atoms with Gasteiger partial charge < -0.3 is 10.4 Å². The van der Waals surface area contributed by atoms with Gasteiger partial charge in [-0.25, -0.2) is 4.98 Å². The molecule has 0 unspecified atom stereocenters. The number of nitrogens with zero attached hydrogens (tertiary/aromatic N) is 2. The number of phenolic OH excluding ortho intramolecular Hbond substituents is 1. The molecule has 5 nitrogen and oxygen atoms in total. The molecule has 0 bridgehead atoms. The number of hydrogen-bond donors (Lipinski definition) is 2. The number of para-hydroxylation sites is 1. The molecule has 2 heterocycles. The van der Waals surface area contributed by atoms with E-state index in [1.54, 1.807) is 12.1 Å². The summed E-state index contributed by atoms with van der Waals surface area (Å²) in [7, 11) is 0. The monoisotopic (exact) mass is 377 g/mol. The first-order valence-electron chi connectivity index (χ1n) is 10.1. The number of benzene rings is 2. The molecule has 1 fully saturated rings. The Morgan fingerprint density at radius 1 is 1.25 bits per heavy atom. The molecule has 1 saturated heterocycles. The van der Waals surface area contributed by atoms with Crippen LogP contribution in [-0.2, 0) is 6.54 Å². The average molecular weight is 377 g/mol. The van der Waals surface area contributed by atoms with Crippen molar-refractivity contribution in [3.63, 3.8) is 0 Å². The number of nitrogens with one attached hydrogen (secondary N) is 1. The van der Waals surface area contributed by atoms with Crippen LogP contribution < -0.4 is 10.9 Å². The van der Waals surface area contributed by atoms with Crippen LogP contribution in [0, 0.1) is 5.92 Å². The Balaban J connectivity index is 1.84. The van der Waals surface area contributed by atoms with Crippen molar-refractivity contribution >= 4 is 10.9 Å². The van der Waals surface area contributed by atoms with E-state index in [2.05, 4.69) is 19.2 Å². The van der Waals surface area contributed by atoms with Crippen molar-refractivity contribution in [1.82, 2.24) is 14.9 Å². The zero-order valence-electron chi connectivity index (χ0n) is 16.5. The molecule has 0 spiro atoms. The van der Waals surface area contributed by atoms with Crippen LogP contribution >= 0.6 is 0 Å². The van der Waals surface area contributed by atoms with E-state index < -0.39 is 0 Å². The smallest absolute Gasteiger partial charge is 0.261 e. The van der Waals surface area contributed by atoms with Crippen LogP contribution in [0.3, 0.4) is 0 Å². The first-order valence-corrected chi connectivity index (χ1v) is 10.1. The lowest BCUT2D eigenvalue weighted by Gasteiger charge is -2.25. The third-order valence-corrected chi connectivity index (χ3v) is 5.55. The summed E-state index contributed by atoms with van der Waals surface area (Å²) in [4.78, 5) is 18.3. The van der Waals surface area contributed by atoms with Crippen LogP contribution in [0.1, 0.15) is 38.4 Å². The maximum absolute atomic E-state index is 13.4. The molecular formula is C23H27N3O2. The van der Waals surface area contributed by atoms with Gasteiger partial charge in [-0.05, 0) is 55.6 Å². The molecule has 1 aliphatic heterocycles. The SMILES string of the molecule is CC(C)c1nc2ccc(-c3ccccc3O)cc2c(=O)n1C[C@H]1CCCNC1. The molecular weight excluding hydrogens is 350 g/mol. The number of aromatic hydroxyl groups is 1. The lowest BCUT2D eigenvalue weighted by molar-refractivity contribution is 0.327. The second-order valence-corrected chi connectivity index (χ2v) is 8.00. The summed E-state index contributed by atoms with van der Waals surface area (Å²) in [5, 5.41) is 14.2. The molecule has 1 atom stereocenters. The zero-order chi connectivity index (χ0) is 19.7. The van der Waals surface area contributed by atoms with Gasteiger partial charge in [0.05, 0.1) is 10.9 Å². The number of aromatic nitrogens is 2. The highest BCUT2D eigenvalue weighted by molar-refractivity contribution is 5.85. The van der Waals surface area contributed by atoms with Gasteiger partial charge >= 0.3 is 0 Å². The Kier molecular flexibility index (Phi) is 5.18. The van der Waals surface area contributed by atoms with Gasteiger partial charge in [-0.3, -0.25) is 9.36 Å². The Morgan fingerprint density at radius 3 is 2.79 bits per heavy atom. The second kappa shape index (κ2) is 7.76. The molecule has 1 aliphatic rings. The molecule has 0 saturated carbocycles. The summed E-state index contributed by atoms with van der Waals surface area (Å²) in [5.41, 5.74) is 2.27. The van der Waals surface area contributed by atoms with Gasteiger partial charge in [0.25, 0.3) is 5.56 Å². The summed E-state index contributed by atoms with van der Waals surface area (Å²) >= 11 is 0. The van der Waals surface area contributed by atoms with Crippen molar-refractivity contribution < 1.29 is 5.11 Å². The molecule has 0 aliphatic carbocycles. The fraction of sp³-hybridized carbons (Fsp3) is 0.391. The highest BCUT2D eigenvalue weighted by atomic mass is 16.3. The van der Waals surface area contributed by atoms with Gasteiger partial charge in [0.15, 0.2) is 0 Å². The molecule has 146 valence electrons. The highest BCUT2D eigenvalue weighted by Gasteiger charge is 2.20. The lowest BCUT2D eigenvalue weighted by Crippen LogP contribution is -2.36. The number of hydrogen-bond acceptors (Lipinski definition) is 4. The molecule has 1 aromatic heterocycles. The van der Waals surface area contributed by atoms with Gasteiger partial charge in [-0.15, -0.1) is 0 Å². The minimum atomic E-state index is 0.0107. The minimum absolute atomic E-state index is 0.0107. The van der Waals surface area contributed by atoms with E-state index in [1.807, 2.05) is 34.9 Å². The van der Waals surface area contributed by atoms with Gasteiger partial charge in [0.2, 0.25) is 0 Å². The molecule has 2 N–H and O–H groups in total. The van der Waals surface area contributed by atoms with Gasteiger partial charge in [0, 0.05) is 18.0 Å². The number of fused-ring (bicyclic) bond motifs is 1. The zero-order valence-corrected chi connectivity index (χ0v) is 16.5. The van der Waals surface area contributed by atoms with E-state index in [1.165, 1.54) is 0 Å². The summed E-state index contributed by atoms with van der Waals surface area (Å²) in [6, 6.07) is 12.9. The molecule has 2 aromatic carbocycles. The van der Waals surface area contributed by atoms with Crippen molar-refractivity contribution in [2.45, 2.75) is 39.2 Å². The van der Waals surface area contributed by atoms with E-state index in [-0.39, 0.29) is 17.2 Å². The topological polar surface area (TPSA) is 67.2 Å². The van der Waals surface area contributed by atoms with Gasteiger partial charge in [0.1, 0.15) is 11.6 Å². The third kappa shape index (κ3) is 3.54. The average Bonchev–Trinajstić information content (AvgIpc) is 2.71. The van der Waals surface area contributed by atoms with Crippen molar-refractivity contribution in [3.05, 3.63) is 58.6 Å². The Labute approximate surface area is 165 Å². The van der Waals surface area contributed by atoms with E-state index in [9.17, 15) is 9.90 Å². The van der Waals surface area contributed by atoms with Crippen LogP contribution in [0.5, 0.6) is 5.75 Å². The largest absolute Gasteiger partial charge is 0.507 e. The van der Waals surface area contributed by atoms with Crippen molar-refractivity contribution in [1.29, 1.82) is 0 Å². The van der Waals surface area contributed by atoms with E-state index in [0.717, 1.165) is 42.9 Å². The molecule has 3 aromatic rings. The number of phenols is 1. The maximum atomic E-state index is 13.4. The summed E-state index contributed by atoms with van der Waals surface area (Å²) in [6.45, 7) is 6.87. The lowest BCUT2D eigenvalue weighted by atomic mass is 9.99. The number of rotatable bonds is 4. The van der Waals surface area contributed by atoms with E-state index in [0.29, 0.717) is 23.4 Å². The van der Waals surface area contributed by atoms with Crippen molar-refractivity contribution in [2.24, 2.45) is 5.92 Å². The van der Waals surface area contributed by atoms with Crippen LogP contribution in [0.15, 0.2) is 47.3 Å². The molecule has 5 heteroatoms. The highest BCUT2D eigenvalue weighted by Crippen LogP contribution is 2.30. The Bertz CT molecular complexity index is 1050. The quantitative estimate of drug-likeness (QED) is 0.724. The Hall–Kier alpha value is -2.66. The molecule has 4 rings (SSSR count). The fourth-order valence-electron chi connectivity index (χ4n) is 4.08. The summed E-state index contributed by atoms with van der Waals surface area (Å²) in [5.74, 6) is 1.68. The Morgan fingerprint density at radius 2 is 2.07 bits per heavy atom. The van der Waals surface area contributed by atoms with E-state index >= 15 is 0 Å². The summed E-state index contributed by atoms with van der Waals surface area (Å²) in [6.07, 6.45) is 2.28.